The minimum atomic E-state index is -0.715. The van der Waals surface area contributed by atoms with Gasteiger partial charge in [-0.15, -0.1) is 0 Å². The Morgan fingerprint density at radius 2 is 2.14 bits per heavy atom. The van der Waals surface area contributed by atoms with Crippen LogP contribution in [-0.4, -0.2) is 40.6 Å². The van der Waals surface area contributed by atoms with Crippen molar-refractivity contribution in [1.29, 1.82) is 0 Å². The van der Waals surface area contributed by atoms with Crippen molar-refractivity contribution in [3.8, 4) is 0 Å². The number of rotatable bonds is 8. The summed E-state index contributed by atoms with van der Waals surface area (Å²) in [5.74, 6) is 0.837. The SMILES string of the molecule is C=CCOC(=O)N1CCCC1(C)C(=O)SCCCCCC. The molecule has 0 N–H and O–H groups in total. The fourth-order valence-electron chi connectivity index (χ4n) is 2.53. The van der Waals surface area contributed by atoms with E-state index in [-0.39, 0.29) is 11.7 Å². The second-order valence-corrected chi connectivity index (χ2v) is 6.66. The Morgan fingerprint density at radius 3 is 2.81 bits per heavy atom. The summed E-state index contributed by atoms with van der Waals surface area (Å²) >= 11 is 1.36. The summed E-state index contributed by atoms with van der Waals surface area (Å²) in [6.07, 6.45) is 7.33. The lowest BCUT2D eigenvalue weighted by atomic mass is 10.0. The summed E-state index contributed by atoms with van der Waals surface area (Å²) in [7, 11) is 0. The van der Waals surface area contributed by atoms with Crippen molar-refractivity contribution in [2.45, 2.75) is 57.9 Å². The molecule has 120 valence electrons. The molecule has 0 bridgehead atoms. The van der Waals surface area contributed by atoms with Gasteiger partial charge in [0.15, 0.2) is 0 Å². The van der Waals surface area contributed by atoms with Crippen LogP contribution in [-0.2, 0) is 9.53 Å². The lowest BCUT2D eigenvalue weighted by Crippen LogP contribution is -2.50. The molecule has 1 aliphatic heterocycles. The van der Waals surface area contributed by atoms with Crippen molar-refractivity contribution in [3.05, 3.63) is 12.7 Å². The maximum Gasteiger partial charge on any atom is 0.410 e. The Morgan fingerprint density at radius 1 is 1.38 bits per heavy atom. The number of thioether (sulfide) groups is 1. The van der Waals surface area contributed by atoms with E-state index in [1.54, 1.807) is 4.90 Å². The standard InChI is InChI=1S/C16H27NO3S/c1-4-6-7-8-13-21-14(18)16(3)10-9-11-17(16)15(19)20-12-5-2/h5H,2,4,6-13H2,1,3H3. The zero-order valence-electron chi connectivity index (χ0n) is 13.2. The van der Waals surface area contributed by atoms with Gasteiger partial charge in [-0.2, -0.15) is 0 Å². The zero-order chi connectivity index (χ0) is 15.7. The lowest BCUT2D eigenvalue weighted by molar-refractivity contribution is -0.119. The van der Waals surface area contributed by atoms with Crippen LogP contribution < -0.4 is 0 Å². The average Bonchev–Trinajstić information content (AvgIpc) is 2.87. The van der Waals surface area contributed by atoms with Gasteiger partial charge in [-0.3, -0.25) is 9.69 Å². The van der Waals surface area contributed by atoms with Crippen molar-refractivity contribution in [3.63, 3.8) is 0 Å². The molecule has 1 fully saturated rings. The van der Waals surface area contributed by atoms with Crippen molar-refractivity contribution in [2.75, 3.05) is 18.9 Å². The van der Waals surface area contributed by atoms with E-state index >= 15 is 0 Å². The van der Waals surface area contributed by atoms with Gasteiger partial charge in [0, 0.05) is 12.3 Å². The molecule has 1 rings (SSSR count). The molecule has 1 amide bonds. The molecule has 1 aliphatic rings. The maximum absolute atomic E-state index is 12.5. The first-order valence-electron chi connectivity index (χ1n) is 7.78. The summed E-state index contributed by atoms with van der Waals surface area (Å²) in [4.78, 5) is 26.1. The minimum Gasteiger partial charge on any atom is -0.445 e. The Bertz CT molecular complexity index is 373. The first-order valence-corrected chi connectivity index (χ1v) is 8.77. The van der Waals surface area contributed by atoms with Crippen LogP contribution in [0.15, 0.2) is 12.7 Å². The van der Waals surface area contributed by atoms with Crippen LogP contribution in [0.3, 0.4) is 0 Å². The van der Waals surface area contributed by atoms with Crippen molar-refractivity contribution >= 4 is 23.0 Å². The molecule has 1 atom stereocenters. The van der Waals surface area contributed by atoms with E-state index in [9.17, 15) is 9.59 Å². The number of amides is 1. The molecule has 1 saturated heterocycles. The molecular weight excluding hydrogens is 286 g/mol. The van der Waals surface area contributed by atoms with Gasteiger partial charge in [0.05, 0.1) is 0 Å². The van der Waals surface area contributed by atoms with Crippen LogP contribution in [0, 0.1) is 0 Å². The van der Waals surface area contributed by atoms with E-state index in [1.807, 2.05) is 6.92 Å². The van der Waals surface area contributed by atoms with E-state index < -0.39 is 11.6 Å². The zero-order valence-corrected chi connectivity index (χ0v) is 14.0. The highest BCUT2D eigenvalue weighted by atomic mass is 32.2. The van der Waals surface area contributed by atoms with Crippen LogP contribution in [0.4, 0.5) is 4.79 Å². The maximum atomic E-state index is 12.5. The number of carbonyl (C=O) groups excluding carboxylic acids is 2. The van der Waals surface area contributed by atoms with Gasteiger partial charge in [-0.1, -0.05) is 50.6 Å². The van der Waals surface area contributed by atoms with Crippen LogP contribution in [0.1, 0.15) is 52.4 Å². The quantitative estimate of drug-likeness (QED) is 0.502. The van der Waals surface area contributed by atoms with Crippen LogP contribution in [0.2, 0.25) is 0 Å². The molecule has 0 spiro atoms. The minimum absolute atomic E-state index is 0.0899. The molecule has 0 aromatic carbocycles. The van der Waals surface area contributed by atoms with E-state index in [2.05, 4.69) is 13.5 Å². The molecule has 21 heavy (non-hydrogen) atoms. The normalized spacial score (nSPS) is 21.3. The third-order valence-corrected chi connectivity index (χ3v) is 5.05. The molecular formula is C16H27NO3S. The fraction of sp³-hybridized carbons (Fsp3) is 0.750. The average molecular weight is 313 g/mol. The smallest absolute Gasteiger partial charge is 0.410 e. The van der Waals surface area contributed by atoms with Gasteiger partial charge in [-0.05, 0) is 26.2 Å². The first kappa shape index (κ1) is 18.1. The Balaban J connectivity index is 2.50. The number of hydrogen-bond donors (Lipinski definition) is 0. The van der Waals surface area contributed by atoms with E-state index in [1.165, 1.54) is 37.1 Å². The van der Waals surface area contributed by atoms with Gasteiger partial charge < -0.3 is 4.74 Å². The molecule has 1 heterocycles. The molecule has 0 aliphatic carbocycles. The van der Waals surface area contributed by atoms with Gasteiger partial charge in [0.1, 0.15) is 12.1 Å². The Labute approximate surface area is 132 Å². The van der Waals surface area contributed by atoms with E-state index in [0.717, 1.165) is 25.0 Å². The molecule has 1 unspecified atom stereocenters. The molecule has 5 heteroatoms. The third-order valence-electron chi connectivity index (χ3n) is 3.86. The number of likely N-dealkylation sites (tertiary alicyclic amines) is 1. The molecule has 0 saturated carbocycles. The van der Waals surface area contributed by atoms with Crippen LogP contribution in [0.25, 0.3) is 0 Å². The van der Waals surface area contributed by atoms with Crippen molar-refractivity contribution in [2.24, 2.45) is 0 Å². The Hall–Kier alpha value is -0.970. The summed E-state index contributed by atoms with van der Waals surface area (Å²) in [5, 5.41) is 0.0899. The van der Waals surface area contributed by atoms with Crippen LogP contribution in [0.5, 0.6) is 0 Å². The first-order chi connectivity index (χ1) is 10.1. The van der Waals surface area contributed by atoms with Gasteiger partial charge in [-0.25, -0.2) is 4.79 Å². The van der Waals surface area contributed by atoms with E-state index in [4.69, 9.17) is 4.74 Å². The van der Waals surface area contributed by atoms with Crippen LogP contribution >= 0.6 is 11.8 Å². The number of unbranched alkanes of at least 4 members (excludes halogenated alkanes) is 3. The second-order valence-electron chi connectivity index (χ2n) is 5.59. The number of hydrogen-bond acceptors (Lipinski definition) is 4. The predicted octanol–water partition coefficient (Wildman–Crippen LogP) is 4.00. The predicted molar refractivity (Wildman–Crippen MR) is 87.5 cm³/mol. The summed E-state index contributed by atoms with van der Waals surface area (Å²) < 4.78 is 5.09. The lowest BCUT2D eigenvalue weighted by Gasteiger charge is -2.32. The summed E-state index contributed by atoms with van der Waals surface area (Å²) in [6, 6.07) is 0. The highest BCUT2D eigenvalue weighted by Crippen LogP contribution is 2.34. The summed E-state index contributed by atoms with van der Waals surface area (Å²) in [6.45, 7) is 8.33. The van der Waals surface area contributed by atoms with Gasteiger partial charge >= 0.3 is 6.09 Å². The second kappa shape index (κ2) is 9.13. The monoisotopic (exact) mass is 313 g/mol. The largest absolute Gasteiger partial charge is 0.445 e. The van der Waals surface area contributed by atoms with Crippen molar-refractivity contribution in [1.82, 2.24) is 4.90 Å². The van der Waals surface area contributed by atoms with Crippen molar-refractivity contribution < 1.29 is 14.3 Å². The van der Waals surface area contributed by atoms with Gasteiger partial charge in [0.2, 0.25) is 5.12 Å². The molecule has 4 nitrogen and oxygen atoms in total. The fourth-order valence-corrected chi connectivity index (χ4v) is 3.58. The van der Waals surface area contributed by atoms with Gasteiger partial charge in [0.25, 0.3) is 0 Å². The number of ether oxygens (including phenoxy) is 1. The highest BCUT2D eigenvalue weighted by molar-refractivity contribution is 8.13. The molecule has 0 aromatic rings. The number of carbonyl (C=O) groups is 2. The summed E-state index contributed by atoms with van der Waals surface area (Å²) in [5.41, 5.74) is -0.715. The third kappa shape index (κ3) is 5.06. The molecule has 0 radical (unpaired) electrons. The Kier molecular flexibility index (Phi) is 7.86. The van der Waals surface area contributed by atoms with E-state index in [0.29, 0.717) is 6.54 Å². The topological polar surface area (TPSA) is 46.6 Å². The number of nitrogens with zero attached hydrogens (tertiary/aromatic N) is 1. The molecule has 0 aromatic heterocycles. The highest BCUT2D eigenvalue weighted by Gasteiger charge is 2.46.